The number of carbonyl (C=O) groups excluding carboxylic acids is 2. The van der Waals surface area contributed by atoms with Crippen molar-refractivity contribution >= 4 is 11.8 Å². The molecule has 3 unspecified atom stereocenters. The molecule has 4 nitrogen and oxygen atoms in total. The molecule has 2 aliphatic carbocycles. The molecule has 0 aromatic carbocycles. The highest BCUT2D eigenvalue weighted by atomic mass is 16.2. The predicted octanol–water partition coefficient (Wildman–Crippen LogP) is 1.55. The summed E-state index contributed by atoms with van der Waals surface area (Å²) in [5.41, 5.74) is 0. The lowest BCUT2D eigenvalue weighted by Crippen LogP contribution is -2.47. The van der Waals surface area contributed by atoms with E-state index in [1.54, 1.807) is 0 Å². The van der Waals surface area contributed by atoms with Crippen LogP contribution in [0.3, 0.4) is 0 Å². The second-order valence-corrected chi connectivity index (χ2v) is 6.59. The topological polar surface area (TPSA) is 49.4 Å². The number of amides is 2. The fourth-order valence-electron chi connectivity index (χ4n) is 3.56. The SMILES string of the molecule is CC1CCCC1CN1CCC(=O)NC(C2CC2)C1=O. The quantitative estimate of drug-likeness (QED) is 0.841. The van der Waals surface area contributed by atoms with E-state index >= 15 is 0 Å². The summed E-state index contributed by atoms with van der Waals surface area (Å²) in [7, 11) is 0. The van der Waals surface area contributed by atoms with Crippen molar-refractivity contribution in [3.8, 4) is 0 Å². The molecule has 3 rings (SSSR count). The Morgan fingerprint density at radius 2 is 2.00 bits per heavy atom. The van der Waals surface area contributed by atoms with Crippen LogP contribution in [0.15, 0.2) is 0 Å². The molecule has 1 saturated heterocycles. The molecule has 106 valence electrons. The zero-order valence-corrected chi connectivity index (χ0v) is 11.7. The molecule has 4 heteroatoms. The first-order chi connectivity index (χ1) is 9.15. The maximum absolute atomic E-state index is 12.6. The van der Waals surface area contributed by atoms with Gasteiger partial charge in [0.1, 0.15) is 6.04 Å². The van der Waals surface area contributed by atoms with Crippen LogP contribution in [0.2, 0.25) is 0 Å². The van der Waals surface area contributed by atoms with Crippen molar-refractivity contribution < 1.29 is 9.59 Å². The van der Waals surface area contributed by atoms with Gasteiger partial charge in [0.15, 0.2) is 0 Å². The molecule has 3 atom stereocenters. The zero-order chi connectivity index (χ0) is 13.4. The minimum Gasteiger partial charge on any atom is -0.344 e. The van der Waals surface area contributed by atoms with Gasteiger partial charge in [0.25, 0.3) is 0 Å². The standard InChI is InChI=1S/C15H24N2O2/c1-10-3-2-4-12(10)9-17-8-7-13(18)16-14(15(17)19)11-5-6-11/h10-12,14H,2-9H2,1H3,(H,16,18). The van der Waals surface area contributed by atoms with E-state index in [-0.39, 0.29) is 17.9 Å². The van der Waals surface area contributed by atoms with E-state index in [2.05, 4.69) is 12.2 Å². The summed E-state index contributed by atoms with van der Waals surface area (Å²) >= 11 is 0. The molecule has 3 aliphatic rings. The Labute approximate surface area is 114 Å². The summed E-state index contributed by atoms with van der Waals surface area (Å²) in [4.78, 5) is 26.3. The average molecular weight is 264 g/mol. The van der Waals surface area contributed by atoms with Crippen LogP contribution in [0.1, 0.15) is 45.4 Å². The van der Waals surface area contributed by atoms with Gasteiger partial charge in [0, 0.05) is 19.5 Å². The molecule has 3 fully saturated rings. The summed E-state index contributed by atoms with van der Waals surface area (Å²) < 4.78 is 0. The summed E-state index contributed by atoms with van der Waals surface area (Å²) in [6.45, 7) is 3.76. The molecular weight excluding hydrogens is 240 g/mol. The van der Waals surface area contributed by atoms with Crippen LogP contribution in [-0.2, 0) is 9.59 Å². The van der Waals surface area contributed by atoms with Crippen LogP contribution in [0, 0.1) is 17.8 Å². The molecule has 1 heterocycles. The number of nitrogens with one attached hydrogen (secondary N) is 1. The van der Waals surface area contributed by atoms with Crippen molar-refractivity contribution in [2.45, 2.75) is 51.5 Å². The molecular formula is C15H24N2O2. The van der Waals surface area contributed by atoms with Crippen molar-refractivity contribution in [2.24, 2.45) is 17.8 Å². The first-order valence-corrected chi connectivity index (χ1v) is 7.73. The van der Waals surface area contributed by atoms with Crippen molar-refractivity contribution in [3.05, 3.63) is 0 Å². The average Bonchev–Trinajstić information content (AvgIpc) is 3.15. The number of hydrogen-bond donors (Lipinski definition) is 1. The summed E-state index contributed by atoms with van der Waals surface area (Å²) in [6, 6.07) is -0.230. The second-order valence-electron chi connectivity index (χ2n) is 6.59. The Bertz CT molecular complexity index is 378. The summed E-state index contributed by atoms with van der Waals surface area (Å²) in [6.07, 6.45) is 6.46. The van der Waals surface area contributed by atoms with Gasteiger partial charge < -0.3 is 10.2 Å². The Morgan fingerprint density at radius 1 is 1.21 bits per heavy atom. The first-order valence-electron chi connectivity index (χ1n) is 7.73. The molecule has 0 bridgehead atoms. The molecule has 2 saturated carbocycles. The summed E-state index contributed by atoms with van der Waals surface area (Å²) in [5, 5.41) is 2.93. The smallest absolute Gasteiger partial charge is 0.245 e. The first kappa shape index (κ1) is 12.9. The fraction of sp³-hybridized carbons (Fsp3) is 0.867. The van der Waals surface area contributed by atoms with E-state index in [0.717, 1.165) is 25.3 Å². The third-order valence-corrected chi connectivity index (χ3v) is 5.09. The van der Waals surface area contributed by atoms with E-state index in [1.165, 1.54) is 19.3 Å². The van der Waals surface area contributed by atoms with E-state index in [9.17, 15) is 9.59 Å². The molecule has 1 aliphatic heterocycles. The normalized spacial score (nSPS) is 36.3. The second kappa shape index (κ2) is 5.14. The Kier molecular flexibility index (Phi) is 3.50. The van der Waals surface area contributed by atoms with Crippen molar-refractivity contribution in [1.29, 1.82) is 0 Å². The number of hydrogen-bond acceptors (Lipinski definition) is 2. The highest BCUT2D eigenvalue weighted by Crippen LogP contribution is 2.36. The monoisotopic (exact) mass is 264 g/mol. The van der Waals surface area contributed by atoms with Gasteiger partial charge in [-0.1, -0.05) is 19.8 Å². The predicted molar refractivity (Wildman–Crippen MR) is 72.4 cm³/mol. The molecule has 0 aromatic rings. The van der Waals surface area contributed by atoms with Gasteiger partial charge in [-0.25, -0.2) is 0 Å². The highest BCUT2D eigenvalue weighted by Gasteiger charge is 2.41. The molecule has 2 amide bonds. The third kappa shape index (κ3) is 2.77. The highest BCUT2D eigenvalue weighted by molar-refractivity contribution is 5.90. The summed E-state index contributed by atoms with van der Waals surface area (Å²) in [5.74, 6) is 1.98. The van der Waals surface area contributed by atoms with Gasteiger partial charge in [0.2, 0.25) is 11.8 Å². The van der Waals surface area contributed by atoms with Crippen molar-refractivity contribution in [2.75, 3.05) is 13.1 Å². The molecule has 0 spiro atoms. The molecule has 0 radical (unpaired) electrons. The van der Waals surface area contributed by atoms with Crippen LogP contribution in [0.4, 0.5) is 0 Å². The van der Waals surface area contributed by atoms with Crippen LogP contribution in [0.5, 0.6) is 0 Å². The minimum absolute atomic E-state index is 0.0484. The van der Waals surface area contributed by atoms with Crippen LogP contribution < -0.4 is 5.32 Å². The Balaban J connectivity index is 1.68. The van der Waals surface area contributed by atoms with E-state index < -0.39 is 0 Å². The van der Waals surface area contributed by atoms with Crippen LogP contribution in [0.25, 0.3) is 0 Å². The number of carbonyl (C=O) groups is 2. The van der Waals surface area contributed by atoms with Gasteiger partial charge in [-0.2, -0.15) is 0 Å². The van der Waals surface area contributed by atoms with Crippen molar-refractivity contribution in [3.63, 3.8) is 0 Å². The number of rotatable bonds is 3. The maximum Gasteiger partial charge on any atom is 0.245 e. The van der Waals surface area contributed by atoms with E-state index in [4.69, 9.17) is 0 Å². The molecule has 0 aromatic heterocycles. The lowest BCUT2D eigenvalue weighted by atomic mass is 9.97. The Hall–Kier alpha value is -1.06. The van der Waals surface area contributed by atoms with E-state index in [1.807, 2.05) is 4.90 Å². The van der Waals surface area contributed by atoms with Gasteiger partial charge in [-0.05, 0) is 37.0 Å². The lowest BCUT2D eigenvalue weighted by molar-refractivity contribution is -0.134. The van der Waals surface area contributed by atoms with Crippen LogP contribution >= 0.6 is 0 Å². The van der Waals surface area contributed by atoms with Gasteiger partial charge in [0.05, 0.1) is 0 Å². The Morgan fingerprint density at radius 3 is 2.63 bits per heavy atom. The van der Waals surface area contributed by atoms with Gasteiger partial charge in [-0.15, -0.1) is 0 Å². The minimum atomic E-state index is -0.230. The lowest BCUT2D eigenvalue weighted by Gasteiger charge is -2.28. The molecule has 1 N–H and O–H groups in total. The zero-order valence-electron chi connectivity index (χ0n) is 11.7. The van der Waals surface area contributed by atoms with E-state index in [0.29, 0.717) is 24.8 Å². The largest absolute Gasteiger partial charge is 0.344 e. The fourth-order valence-corrected chi connectivity index (χ4v) is 3.56. The maximum atomic E-state index is 12.6. The third-order valence-electron chi connectivity index (χ3n) is 5.09. The van der Waals surface area contributed by atoms with Crippen molar-refractivity contribution in [1.82, 2.24) is 10.2 Å². The van der Waals surface area contributed by atoms with Gasteiger partial charge >= 0.3 is 0 Å². The number of nitrogens with zero attached hydrogens (tertiary/aromatic N) is 1. The van der Waals surface area contributed by atoms with Gasteiger partial charge in [-0.3, -0.25) is 9.59 Å². The molecule has 19 heavy (non-hydrogen) atoms. The van der Waals surface area contributed by atoms with Crippen LogP contribution in [-0.4, -0.2) is 35.8 Å².